The van der Waals surface area contributed by atoms with Gasteiger partial charge in [-0.2, -0.15) is 5.26 Å². The molecule has 7 nitrogen and oxygen atoms in total. The third-order valence-electron chi connectivity index (χ3n) is 8.86. The quantitative estimate of drug-likeness (QED) is 0.674. The van der Waals surface area contributed by atoms with Gasteiger partial charge >= 0.3 is 0 Å². The average molecular weight is 458 g/mol. The van der Waals surface area contributed by atoms with Gasteiger partial charge in [-0.25, -0.2) is 13.4 Å². The molecular weight excluding hydrogens is 426 g/mol. The number of hydrogen-bond acceptors (Lipinski definition) is 6. The number of carbonyl (C=O) groups excluding carboxylic acids is 1. The van der Waals surface area contributed by atoms with Crippen molar-refractivity contribution in [2.75, 3.05) is 19.4 Å². The van der Waals surface area contributed by atoms with Crippen LogP contribution in [0, 0.1) is 40.4 Å². The number of nitrogens with zero attached hydrogens (tertiary/aromatic N) is 3. The first-order valence-electron chi connectivity index (χ1n) is 11.5. The zero-order valence-corrected chi connectivity index (χ0v) is 19.8. The van der Waals surface area contributed by atoms with Crippen LogP contribution in [0.1, 0.15) is 51.5 Å². The van der Waals surface area contributed by atoms with E-state index in [0.29, 0.717) is 43.4 Å². The predicted molar refractivity (Wildman–Crippen MR) is 118 cm³/mol. The van der Waals surface area contributed by atoms with Crippen LogP contribution in [0.3, 0.4) is 0 Å². The molecule has 0 N–H and O–H groups in total. The molecule has 0 spiro atoms. The first kappa shape index (κ1) is 21.7. The van der Waals surface area contributed by atoms with Gasteiger partial charge in [-0.15, -0.1) is 0 Å². The molecule has 2 heterocycles. The maximum Gasteiger partial charge on any atom is 0.228 e. The molecule has 0 radical (unpaired) electrons. The van der Waals surface area contributed by atoms with Gasteiger partial charge in [0.1, 0.15) is 6.07 Å². The molecule has 3 atom stereocenters. The molecule has 3 unspecified atom stereocenters. The van der Waals surface area contributed by atoms with Gasteiger partial charge in [0, 0.05) is 37.0 Å². The van der Waals surface area contributed by atoms with Crippen LogP contribution in [0.25, 0.3) is 0 Å². The van der Waals surface area contributed by atoms with Crippen LogP contribution in [0.5, 0.6) is 5.88 Å². The highest BCUT2D eigenvalue weighted by atomic mass is 32.2. The Kier molecular flexibility index (Phi) is 4.87. The maximum atomic E-state index is 13.5. The van der Waals surface area contributed by atoms with Crippen molar-refractivity contribution >= 4 is 15.7 Å². The Morgan fingerprint density at radius 2 is 1.91 bits per heavy atom. The van der Waals surface area contributed by atoms with E-state index in [1.54, 1.807) is 12.1 Å². The lowest BCUT2D eigenvalue weighted by molar-refractivity contribution is -0.144. The van der Waals surface area contributed by atoms with Gasteiger partial charge < -0.3 is 9.64 Å². The van der Waals surface area contributed by atoms with Crippen LogP contribution in [0.15, 0.2) is 18.3 Å². The molecule has 4 bridgehead atoms. The number of aromatic nitrogens is 1. The van der Waals surface area contributed by atoms with Crippen molar-refractivity contribution in [3.05, 3.63) is 23.9 Å². The smallest absolute Gasteiger partial charge is 0.228 e. The van der Waals surface area contributed by atoms with Crippen molar-refractivity contribution in [2.45, 2.75) is 56.7 Å². The van der Waals surface area contributed by atoms with Gasteiger partial charge in [0.2, 0.25) is 11.8 Å². The van der Waals surface area contributed by atoms with Crippen molar-refractivity contribution in [1.29, 1.82) is 5.26 Å². The number of amides is 1. The number of nitriles is 1. The molecule has 1 saturated heterocycles. The fraction of sp³-hybridized carbons (Fsp3) is 0.708. The Morgan fingerprint density at radius 3 is 2.47 bits per heavy atom. The molecule has 4 aliphatic carbocycles. The summed E-state index contributed by atoms with van der Waals surface area (Å²) in [4.78, 5) is 19.8. The van der Waals surface area contributed by atoms with Crippen molar-refractivity contribution in [1.82, 2.24) is 9.88 Å². The predicted octanol–water partition coefficient (Wildman–Crippen LogP) is 2.81. The van der Waals surface area contributed by atoms with Gasteiger partial charge in [-0.1, -0.05) is 13.8 Å². The highest BCUT2D eigenvalue weighted by molar-refractivity contribution is 7.92. The lowest BCUT2D eigenvalue weighted by atomic mass is 9.53. The summed E-state index contributed by atoms with van der Waals surface area (Å²) < 4.78 is 30.7. The van der Waals surface area contributed by atoms with Gasteiger partial charge in [0.05, 0.1) is 22.3 Å². The minimum Gasteiger partial charge on any atom is -0.477 e. The summed E-state index contributed by atoms with van der Waals surface area (Å²) in [6.07, 6.45) is 7.17. The molecular formula is C24H31N3O4S. The Hall–Kier alpha value is -2.14. The van der Waals surface area contributed by atoms with E-state index in [0.717, 1.165) is 19.3 Å². The fourth-order valence-electron chi connectivity index (χ4n) is 7.22. The first-order valence-corrected chi connectivity index (χ1v) is 13.4. The summed E-state index contributed by atoms with van der Waals surface area (Å²) in [5.41, 5.74) is -0.0656. The third kappa shape index (κ3) is 3.23. The van der Waals surface area contributed by atoms with Crippen molar-refractivity contribution in [3.8, 4) is 11.9 Å². The van der Waals surface area contributed by atoms with Crippen LogP contribution in [0.4, 0.5) is 0 Å². The molecule has 0 aromatic carbocycles. The summed E-state index contributed by atoms with van der Waals surface area (Å²) in [6.45, 7) is 5.00. The van der Waals surface area contributed by atoms with E-state index >= 15 is 0 Å². The molecule has 8 heteroatoms. The average Bonchev–Trinajstić information content (AvgIpc) is 2.94. The largest absolute Gasteiger partial charge is 0.477 e. The third-order valence-corrected chi connectivity index (χ3v) is 10.9. The summed E-state index contributed by atoms with van der Waals surface area (Å²) in [5.74, 6) is 1.66. The Balaban J connectivity index is 1.33. The van der Waals surface area contributed by atoms with E-state index in [2.05, 4.69) is 9.88 Å². The lowest BCUT2D eigenvalue weighted by Gasteiger charge is -2.60. The highest BCUT2D eigenvalue weighted by Crippen LogP contribution is 2.60. The molecule has 172 valence electrons. The minimum atomic E-state index is -3.11. The normalized spacial score (nSPS) is 37.5. The Morgan fingerprint density at radius 1 is 1.22 bits per heavy atom. The summed E-state index contributed by atoms with van der Waals surface area (Å²) >= 11 is 0. The first-order chi connectivity index (χ1) is 15.0. The molecule has 1 amide bonds. The van der Waals surface area contributed by atoms with Crippen molar-refractivity contribution in [2.24, 2.45) is 29.1 Å². The van der Waals surface area contributed by atoms with Gasteiger partial charge in [-0.05, 0) is 55.9 Å². The van der Waals surface area contributed by atoms with Crippen LogP contribution < -0.4 is 4.74 Å². The molecule has 4 saturated carbocycles. The zero-order chi connectivity index (χ0) is 22.9. The lowest BCUT2D eigenvalue weighted by Crippen LogP contribution is -2.64. The second kappa shape index (κ2) is 7.18. The molecule has 1 aromatic rings. The van der Waals surface area contributed by atoms with E-state index in [9.17, 15) is 13.2 Å². The van der Waals surface area contributed by atoms with Crippen LogP contribution in [-0.4, -0.2) is 54.4 Å². The molecule has 6 rings (SSSR count). The van der Waals surface area contributed by atoms with Gasteiger partial charge in [0.15, 0.2) is 9.84 Å². The highest BCUT2D eigenvalue weighted by Gasteiger charge is 2.63. The van der Waals surface area contributed by atoms with E-state index in [1.807, 2.05) is 19.9 Å². The second-order valence-electron chi connectivity index (χ2n) is 11.1. The zero-order valence-electron chi connectivity index (χ0n) is 19.0. The standard InChI is InChI=1S/C24H31N3O4S/c1-23(2)19(14-31-20-5-4-15(11-25)12-26-20)13-27(22(23)28)21-17-6-16-7-18(21)10-24(8-16,9-17)32(3,29)30/h4-5,12,16-19,21H,6-10,13-14H2,1-3H3. The van der Waals surface area contributed by atoms with E-state index in [4.69, 9.17) is 10.00 Å². The second-order valence-corrected chi connectivity index (χ2v) is 13.5. The number of ether oxygens (including phenoxy) is 1. The number of rotatable bonds is 5. The topological polar surface area (TPSA) is 100 Å². The Labute approximate surface area is 190 Å². The fourth-order valence-corrected chi connectivity index (χ4v) is 8.79. The summed E-state index contributed by atoms with van der Waals surface area (Å²) in [7, 11) is -3.11. The van der Waals surface area contributed by atoms with E-state index in [-0.39, 0.29) is 29.7 Å². The number of likely N-dealkylation sites (tertiary alicyclic amines) is 1. The number of sulfone groups is 1. The SMILES string of the molecule is CC1(C)C(=O)N(C2C3CC4CC2CC(S(C)(=O)=O)(C4)C3)CC1COc1ccc(C#N)cn1. The summed E-state index contributed by atoms with van der Waals surface area (Å²) in [5, 5.41) is 8.92. The summed E-state index contributed by atoms with van der Waals surface area (Å²) in [6, 6.07) is 5.54. The van der Waals surface area contributed by atoms with Crippen LogP contribution in [0.2, 0.25) is 0 Å². The van der Waals surface area contributed by atoms with Crippen LogP contribution in [-0.2, 0) is 14.6 Å². The maximum absolute atomic E-state index is 13.5. The van der Waals surface area contributed by atoms with E-state index in [1.165, 1.54) is 12.5 Å². The molecule has 32 heavy (non-hydrogen) atoms. The molecule has 1 aliphatic heterocycles. The van der Waals surface area contributed by atoms with Crippen LogP contribution >= 0.6 is 0 Å². The monoisotopic (exact) mass is 457 g/mol. The van der Waals surface area contributed by atoms with Gasteiger partial charge in [0.25, 0.3) is 0 Å². The van der Waals surface area contributed by atoms with Crippen molar-refractivity contribution < 1.29 is 17.9 Å². The number of pyridine rings is 1. The minimum absolute atomic E-state index is 0.0218. The molecule has 5 fully saturated rings. The van der Waals surface area contributed by atoms with Gasteiger partial charge in [-0.3, -0.25) is 4.79 Å². The van der Waals surface area contributed by atoms with Crippen molar-refractivity contribution in [3.63, 3.8) is 0 Å². The van der Waals surface area contributed by atoms with E-state index < -0.39 is 20.0 Å². The number of hydrogen-bond donors (Lipinski definition) is 0. The molecule has 1 aromatic heterocycles. The molecule has 5 aliphatic rings. The number of carbonyl (C=O) groups is 1. The Bertz CT molecular complexity index is 1060.